The van der Waals surface area contributed by atoms with Gasteiger partial charge in [-0.2, -0.15) is 0 Å². The van der Waals surface area contributed by atoms with E-state index in [9.17, 15) is 0 Å². The third-order valence-electron chi connectivity index (χ3n) is 3.10. The molecule has 1 atom stereocenters. The summed E-state index contributed by atoms with van der Waals surface area (Å²) in [5.74, 6) is 0. The monoisotopic (exact) mass is 353 g/mol. The maximum absolute atomic E-state index is 4.35. The summed E-state index contributed by atoms with van der Waals surface area (Å²) in [6, 6.07) is 8.71. The van der Waals surface area contributed by atoms with Crippen molar-refractivity contribution in [2.75, 3.05) is 6.54 Å². The molecule has 3 nitrogen and oxygen atoms in total. The van der Waals surface area contributed by atoms with E-state index in [1.165, 1.54) is 5.56 Å². The van der Waals surface area contributed by atoms with Gasteiger partial charge in [0.2, 0.25) is 0 Å². The minimum Gasteiger partial charge on any atom is -0.308 e. The van der Waals surface area contributed by atoms with E-state index < -0.39 is 0 Å². The number of hydrogen-bond donors (Lipinski definition) is 1. The molecule has 108 valence electrons. The highest BCUT2D eigenvalue weighted by molar-refractivity contribution is 9.10. The van der Waals surface area contributed by atoms with Crippen LogP contribution in [0.2, 0.25) is 0 Å². The molecular formula is C15H20BrN3S. The van der Waals surface area contributed by atoms with Gasteiger partial charge in [0.15, 0.2) is 0 Å². The van der Waals surface area contributed by atoms with Gasteiger partial charge in [0, 0.05) is 10.9 Å². The Balaban J connectivity index is 2.02. The van der Waals surface area contributed by atoms with Crippen molar-refractivity contribution in [1.82, 2.24) is 15.5 Å². The van der Waals surface area contributed by atoms with Crippen LogP contribution in [0.25, 0.3) is 0 Å². The van der Waals surface area contributed by atoms with Gasteiger partial charge in [-0.15, -0.1) is 10.2 Å². The van der Waals surface area contributed by atoms with Crippen LogP contribution in [0, 0.1) is 0 Å². The van der Waals surface area contributed by atoms with Crippen molar-refractivity contribution in [3.63, 3.8) is 0 Å². The third kappa shape index (κ3) is 4.36. The van der Waals surface area contributed by atoms with Crippen LogP contribution in [0.4, 0.5) is 0 Å². The number of benzene rings is 1. The number of rotatable bonds is 7. The van der Waals surface area contributed by atoms with Gasteiger partial charge in [-0.1, -0.05) is 53.2 Å². The molecule has 5 heteroatoms. The van der Waals surface area contributed by atoms with Gasteiger partial charge >= 0.3 is 0 Å². The van der Waals surface area contributed by atoms with E-state index in [4.69, 9.17) is 0 Å². The third-order valence-corrected chi connectivity index (χ3v) is 4.66. The lowest BCUT2D eigenvalue weighted by atomic mass is 10.2. The first kappa shape index (κ1) is 15.6. The van der Waals surface area contributed by atoms with E-state index in [-0.39, 0.29) is 0 Å². The molecule has 0 amide bonds. The molecule has 1 aromatic heterocycles. The van der Waals surface area contributed by atoms with Crippen LogP contribution in [0.3, 0.4) is 0 Å². The summed E-state index contributed by atoms with van der Waals surface area (Å²) in [7, 11) is 0. The summed E-state index contributed by atoms with van der Waals surface area (Å²) in [5.41, 5.74) is 1.27. The number of aromatic nitrogens is 2. The zero-order valence-electron chi connectivity index (χ0n) is 11.9. The van der Waals surface area contributed by atoms with Gasteiger partial charge in [0.25, 0.3) is 0 Å². The average Bonchev–Trinajstić information content (AvgIpc) is 2.91. The lowest BCUT2D eigenvalue weighted by molar-refractivity contribution is 0.513. The fourth-order valence-electron chi connectivity index (χ4n) is 1.98. The first-order chi connectivity index (χ1) is 9.72. The Hall–Kier alpha value is -0.780. The second kappa shape index (κ2) is 7.86. The Bertz CT molecular complexity index is 524. The van der Waals surface area contributed by atoms with E-state index in [1.54, 1.807) is 11.3 Å². The molecule has 1 heterocycles. The van der Waals surface area contributed by atoms with Gasteiger partial charge in [0.1, 0.15) is 10.0 Å². The van der Waals surface area contributed by atoms with E-state index in [0.717, 1.165) is 40.3 Å². The van der Waals surface area contributed by atoms with Gasteiger partial charge in [-0.25, -0.2) is 0 Å². The fraction of sp³-hybridized carbons (Fsp3) is 0.467. The zero-order valence-corrected chi connectivity index (χ0v) is 14.3. The summed E-state index contributed by atoms with van der Waals surface area (Å²) in [4.78, 5) is 0. The van der Waals surface area contributed by atoms with Gasteiger partial charge in [-0.05, 0) is 37.1 Å². The number of nitrogens with zero attached hydrogens (tertiary/aromatic N) is 2. The average molecular weight is 354 g/mol. The fourth-order valence-corrected chi connectivity index (χ4v) is 3.28. The molecule has 1 N–H and O–H groups in total. The molecule has 0 fully saturated rings. The van der Waals surface area contributed by atoms with Crippen LogP contribution >= 0.6 is 27.3 Å². The lowest BCUT2D eigenvalue weighted by Crippen LogP contribution is -2.21. The number of hydrogen-bond acceptors (Lipinski definition) is 4. The first-order valence-corrected chi connectivity index (χ1v) is 8.64. The molecule has 0 saturated carbocycles. The molecule has 1 unspecified atom stereocenters. The zero-order chi connectivity index (χ0) is 14.4. The van der Waals surface area contributed by atoms with Crippen LogP contribution in [-0.4, -0.2) is 16.7 Å². The summed E-state index contributed by atoms with van der Waals surface area (Å²) in [6.07, 6.45) is 3.04. The molecule has 0 saturated heterocycles. The molecule has 2 aromatic rings. The number of halogens is 1. The van der Waals surface area contributed by atoms with Gasteiger partial charge in [0.05, 0.1) is 6.04 Å². The van der Waals surface area contributed by atoms with E-state index in [0.29, 0.717) is 6.04 Å². The first-order valence-electron chi connectivity index (χ1n) is 7.03. The van der Waals surface area contributed by atoms with Crippen LogP contribution in [-0.2, 0) is 6.42 Å². The van der Waals surface area contributed by atoms with Crippen molar-refractivity contribution in [3.8, 4) is 0 Å². The lowest BCUT2D eigenvalue weighted by Gasteiger charge is -2.12. The summed E-state index contributed by atoms with van der Waals surface area (Å²) < 4.78 is 1.11. The van der Waals surface area contributed by atoms with Crippen LogP contribution in [0.1, 0.15) is 48.3 Å². The molecular weight excluding hydrogens is 334 g/mol. The molecule has 0 aliphatic rings. The topological polar surface area (TPSA) is 37.8 Å². The van der Waals surface area contributed by atoms with Crippen LogP contribution in [0.15, 0.2) is 28.7 Å². The normalized spacial score (nSPS) is 12.6. The quantitative estimate of drug-likeness (QED) is 0.804. The van der Waals surface area contributed by atoms with E-state index >= 15 is 0 Å². The Labute approximate surface area is 133 Å². The van der Waals surface area contributed by atoms with Gasteiger partial charge < -0.3 is 5.32 Å². The SMILES string of the molecule is CCCNC(CC)c1nnc(Cc2ccc(Br)cc2)s1. The van der Waals surface area contributed by atoms with E-state index in [2.05, 4.69) is 69.6 Å². The maximum atomic E-state index is 4.35. The molecule has 1 aromatic carbocycles. The predicted octanol–water partition coefficient (Wildman–Crippen LogP) is 4.34. The second-order valence-electron chi connectivity index (χ2n) is 4.75. The summed E-state index contributed by atoms with van der Waals surface area (Å²) in [6.45, 7) is 5.39. The Morgan fingerprint density at radius 2 is 1.95 bits per heavy atom. The minimum atomic E-state index is 0.339. The largest absolute Gasteiger partial charge is 0.308 e. The highest BCUT2D eigenvalue weighted by Gasteiger charge is 2.14. The molecule has 0 aliphatic carbocycles. The molecule has 0 aliphatic heterocycles. The molecule has 20 heavy (non-hydrogen) atoms. The Morgan fingerprint density at radius 3 is 2.60 bits per heavy atom. The van der Waals surface area contributed by atoms with Crippen molar-refractivity contribution in [2.24, 2.45) is 0 Å². The molecule has 2 rings (SSSR count). The second-order valence-corrected chi connectivity index (χ2v) is 6.76. The van der Waals surface area contributed by atoms with Crippen LogP contribution in [0.5, 0.6) is 0 Å². The van der Waals surface area contributed by atoms with Crippen molar-refractivity contribution in [2.45, 2.75) is 39.2 Å². The van der Waals surface area contributed by atoms with Gasteiger partial charge in [-0.3, -0.25) is 0 Å². The van der Waals surface area contributed by atoms with Crippen molar-refractivity contribution < 1.29 is 0 Å². The highest BCUT2D eigenvalue weighted by atomic mass is 79.9. The van der Waals surface area contributed by atoms with E-state index in [1.807, 2.05) is 0 Å². The standard InChI is InChI=1S/C15H20BrN3S/c1-3-9-17-13(4-2)15-19-18-14(20-15)10-11-5-7-12(16)8-6-11/h5-8,13,17H,3-4,9-10H2,1-2H3. The Kier molecular flexibility index (Phi) is 6.13. The van der Waals surface area contributed by atoms with Crippen molar-refractivity contribution >= 4 is 27.3 Å². The number of nitrogens with one attached hydrogen (secondary N) is 1. The maximum Gasteiger partial charge on any atom is 0.134 e. The van der Waals surface area contributed by atoms with Crippen molar-refractivity contribution in [1.29, 1.82) is 0 Å². The summed E-state index contributed by atoms with van der Waals surface area (Å²) >= 11 is 5.17. The van der Waals surface area contributed by atoms with Crippen LogP contribution < -0.4 is 5.32 Å². The minimum absolute atomic E-state index is 0.339. The highest BCUT2D eigenvalue weighted by Crippen LogP contribution is 2.23. The predicted molar refractivity (Wildman–Crippen MR) is 88.2 cm³/mol. The molecule has 0 spiro atoms. The van der Waals surface area contributed by atoms with Crippen molar-refractivity contribution in [3.05, 3.63) is 44.3 Å². The summed E-state index contributed by atoms with van der Waals surface area (Å²) in [5, 5.41) is 14.4. The smallest absolute Gasteiger partial charge is 0.134 e. The Morgan fingerprint density at radius 1 is 1.20 bits per heavy atom. The molecule has 0 bridgehead atoms. The molecule has 0 radical (unpaired) electrons.